The molecule has 5 heteroatoms. The van der Waals surface area contributed by atoms with Crippen molar-refractivity contribution >= 4 is 5.91 Å². The molecule has 1 amide bonds. The molecule has 0 aliphatic carbocycles. The zero-order valence-electron chi connectivity index (χ0n) is 10.1. The SMILES string of the molecule is CC(C)(CCO)CNC(=O)c1ncccc1O. The predicted octanol–water partition coefficient (Wildman–Crippen LogP) is 0.926. The Labute approximate surface area is 101 Å². The summed E-state index contributed by atoms with van der Waals surface area (Å²) >= 11 is 0. The van der Waals surface area contributed by atoms with Gasteiger partial charge in [-0.25, -0.2) is 4.98 Å². The fraction of sp³-hybridized carbons (Fsp3) is 0.500. The van der Waals surface area contributed by atoms with Crippen molar-refractivity contribution in [3.8, 4) is 5.75 Å². The van der Waals surface area contributed by atoms with Crippen molar-refractivity contribution in [3.63, 3.8) is 0 Å². The fourth-order valence-electron chi connectivity index (χ4n) is 1.37. The van der Waals surface area contributed by atoms with E-state index >= 15 is 0 Å². The molecule has 0 bridgehead atoms. The number of carbonyl (C=O) groups is 1. The molecule has 3 N–H and O–H groups in total. The largest absolute Gasteiger partial charge is 0.505 e. The molecule has 0 spiro atoms. The minimum absolute atomic E-state index is 0.0206. The van der Waals surface area contributed by atoms with Crippen LogP contribution in [0.15, 0.2) is 18.3 Å². The first-order chi connectivity index (χ1) is 7.96. The molecule has 0 saturated heterocycles. The van der Waals surface area contributed by atoms with Gasteiger partial charge in [-0.3, -0.25) is 4.79 Å². The first-order valence-corrected chi connectivity index (χ1v) is 5.49. The van der Waals surface area contributed by atoms with Gasteiger partial charge < -0.3 is 15.5 Å². The van der Waals surface area contributed by atoms with E-state index in [1.165, 1.54) is 12.3 Å². The molecule has 1 aromatic heterocycles. The number of rotatable bonds is 5. The second-order valence-corrected chi connectivity index (χ2v) is 4.69. The second-order valence-electron chi connectivity index (χ2n) is 4.69. The zero-order valence-corrected chi connectivity index (χ0v) is 10.1. The van der Waals surface area contributed by atoms with Crippen molar-refractivity contribution in [2.75, 3.05) is 13.2 Å². The highest BCUT2D eigenvalue weighted by atomic mass is 16.3. The highest BCUT2D eigenvalue weighted by molar-refractivity contribution is 5.94. The molecule has 0 radical (unpaired) electrons. The van der Waals surface area contributed by atoms with Crippen molar-refractivity contribution in [2.45, 2.75) is 20.3 Å². The first kappa shape index (κ1) is 13.4. The van der Waals surface area contributed by atoms with Crippen molar-refractivity contribution in [1.82, 2.24) is 10.3 Å². The lowest BCUT2D eigenvalue weighted by atomic mass is 9.90. The van der Waals surface area contributed by atoms with Crippen molar-refractivity contribution < 1.29 is 15.0 Å². The van der Waals surface area contributed by atoms with Crippen molar-refractivity contribution in [3.05, 3.63) is 24.0 Å². The summed E-state index contributed by atoms with van der Waals surface area (Å²) in [6, 6.07) is 2.97. The summed E-state index contributed by atoms with van der Waals surface area (Å²) in [6.45, 7) is 4.39. The summed E-state index contributed by atoms with van der Waals surface area (Å²) in [4.78, 5) is 15.5. The van der Waals surface area contributed by atoms with Crippen LogP contribution in [0, 0.1) is 5.41 Å². The third-order valence-electron chi connectivity index (χ3n) is 2.52. The van der Waals surface area contributed by atoms with E-state index in [1.807, 2.05) is 13.8 Å². The lowest BCUT2D eigenvalue weighted by Crippen LogP contribution is -2.34. The summed E-state index contributed by atoms with van der Waals surface area (Å²) < 4.78 is 0. The number of hydrogen-bond acceptors (Lipinski definition) is 4. The van der Waals surface area contributed by atoms with Crippen LogP contribution in [0.5, 0.6) is 5.75 Å². The molecule has 0 unspecified atom stereocenters. The van der Waals surface area contributed by atoms with Gasteiger partial charge in [-0.1, -0.05) is 13.8 Å². The van der Waals surface area contributed by atoms with Crippen LogP contribution >= 0.6 is 0 Å². The number of carbonyl (C=O) groups excluding carboxylic acids is 1. The van der Waals surface area contributed by atoms with E-state index in [-0.39, 0.29) is 23.5 Å². The number of nitrogens with one attached hydrogen (secondary N) is 1. The number of hydrogen-bond donors (Lipinski definition) is 3. The Morgan fingerprint density at radius 1 is 1.53 bits per heavy atom. The maximum Gasteiger partial charge on any atom is 0.273 e. The lowest BCUT2D eigenvalue weighted by Gasteiger charge is -2.23. The smallest absolute Gasteiger partial charge is 0.273 e. The van der Waals surface area contributed by atoms with Gasteiger partial charge in [0.2, 0.25) is 0 Å². The monoisotopic (exact) mass is 238 g/mol. The summed E-state index contributed by atoms with van der Waals surface area (Å²) in [5.41, 5.74) is -0.165. The summed E-state index contributed by atoms with van der Waals surface area (Å²) in [5.74, 6) is -0.543. The van der Waals surface area contributed by atoms with Crippen LogP contribution in [0.4, 0.5) is 0 Å². The Morgan fingerprint density at radius 3 is 2.82 bits per heavy atom. The van der Waals surface area contributed by atoms with Crippen LogP contribution in [0.3, 0.4) is 0 Å². The van der Waals surface area contributed by atoms with Gasteiger partial charge in [-0.2, -0.15) is 0 Å². The van der Waals surface area contributed by atoms with E-state index in [0.717, 1.165) is 0 Å². The third-order valence-corrected chi connectivity index (χ3v) is 2.52. The molecular weight excluding hydrogens is 220 g/mol. The number of pyridine rings is 1. The van der Waals surface area contributed by atoms with Gasteiger partial charge >= 0.3 is 0 Å². The Morgan fingerprint density at radius 2 is 2.24 bits per heavy atom. The van der Waals surface area contributed by atoms with Crippen LogP contribution in [0.2, 0.25) is 0 Å². The summed E-state index contributed by atoms with van der Waals surface area (Å²) in [6.07, 6.45) is 2.05. The quantitative estimate of drug-likeness (QED) is 0.712. The Bertz CT molecular complexity index is 391. The molecule has 0 aliphatic heterocycles. The average Bonchev–Trinajstić information content (AvgIpc) is 2.27. The van der Waals surface area contributed by atoms with Crippen LogP contribution in [0.1, 0.15) is 30.8 Å². The molecule has 1 rings (SSSR count). The van der Waals surface area contributed by atoms with E-state index in [4.69, 9.17) is 5.11 Å². The average molecular weight is 238 g/mol. The first-order valence-electron chi connectivity index (χ1n) is 5.49. The maximum atomic E-state index is 11.7. The van der Waals surface area contributed by atoms with E-state index < -0.39 is 5.91 Å². The van der Waals surface area contributed by atoms with E-state index in [1.54, 1.807) is 6.07 Å². The molecule has 94 valence electrons. The van der Waals surface area contributed by atoms with Crippen LogP contribution in [0.25, 0.3) is 0 Å². The number of nitrogens with zero attached hydrogens (tertiary/aromatic N) is 1. The fourth-order valence-corrected chi connectivity index (χ4v) is 1.37. The van der Waals surface area contributed by atoms with Gasteiger partial charge in [-0.05, 0) is 24.0 Å². The molecular formula is C12H18N2O3. The predicted molar refractivity (Wildman–Crippen MR) is 63.7 cm³/mol. The van der Waals surface area contributed by atoms with Crippen LogP contribution < -0.4 is 5.32 Å². The van der Waals surface area contributed by atoms with E-state index in [0.29, 0.717) is 13.0 Å². The number of aromatic nitrogens is 1. The summed E-state index contributed by atoms with van der Waals surface area (Å²) in [7, 11) is 0. The minimum Gasteiger partial charge on any atom is -0.505 e. The van der Waals surface area contributed by atoms with Gasteiger partial charge in [0.05, 0.1) is 0 Å². The van der Waals surface area contributed by atoms with Crippen molar-refractivity contribution in [2.24, 2.45) is 5.41 Å². The normalized spacial score (nSPS) is 11.2. The lowest BCUT2D eigenvalue weighted by molar-refractivity contribution is 0.0920. The van der Waals surface area contributed by atoms with Crippen LogP contribution in [-0.2, 0) is 0 Å². The third kappa shape index (κ3) is 4.03. The number of amides is 1. The molecule has 5 nitrogen and oxygen atoms in total. The molecule has 0 aliphatic rings. The van der Waals surface area contributed by atoms with Gasteiger partial charge in [-0.15, -0.1) is 0 Å². The van der Waals surface area contributed by atoms with Gasteiger partial charge in [0.25, 0.3) is 5.91 Å². The number of aliphatic hydroxyl groups is 1. The van der Waals surface area contributed by atoms with E-state index in [9.17, 15) is 9.90 Å². The zero-order chi connectivity index (χ0) is 12.9. The molecule has 0 aromatic carbocycles. The molecule has 0 fully saturated rings. The topological polar surface area (TPSA) is 82.5 Å². The van der Waals surface area contributed by atoms with E-state index in [2.05, 4.69) is 10.3 Å². The molecule has 17 heavy (non-hydrogen) atoms. The summed E-state index contributed by atoms with van der Waals surface area (Å²) in [5, 5.41) is 21.0. The highest BCUT2D eigenvalue weighted by Crippen LogP contribution is 2.19. The molecule has 0 saturated carbocycles. The minimum atomic E-state index is -0.408. The Hall–Kier alpha value is -1.62. The number of aliphatic hydroxyl groups excluding tert-OH is 1. The molecule has 0 atom stereocenters. The molecule has 1 heterocycles. The number of aromatic hydroxyl groups is 1. The molecule has 1 aromatic rings. The highest BCUT2D eigenvalue weighted by Gasteiger charge is 2.20. The Balaban J connectivity index is 2.59. The standard InChI is InChI=1S/C12H18N2O3/c1-12(2,5-7-15)8-14-11(17)10-9(16)4-3-6-13-10/h3-4,6,15-16H,5,7-8H2,1-2H3,(H,14,17). The van der Waals surface area contributed by atoms with Crippen molar-refractivity contribution in [1.29, 1.82) is 0 Å². The maximum absolute atomic E-state index is 11.7. The van der Waals surface area contributed by atoms with Gasteiger partial charge in [0.15, 0.2) is 5.69 Å². The van der Waals surface area contributed by atoms with Crippen LogP contribution in [-0.4, -0.2) is 34.3 Å². The second kappa shape index (κ2) is 5.63. The van der Waals surface area contributed by atoms with Gasteiger partial charge in [0.1, 0.15) is 5.75 Å². The Kier molecular flexibility index (Phi) is 4.45. The van der Waals surface area contributed by atoms with Gasteiger partial charge in [0, 0.05) is 19.3 Å².